The van der Waals surface area contributed by atoms with Crippen LogP contribution in [-0.4, -0.2) is 39.2 Å². The summed E-state index contributed by atoms with van der Waals surface area (Å²) < 4.78 is 27.9. The lowest BCUT2D eigenvalue weighted by Crippen LogP contribution is -2.23. The number of anilines is 2. The van der Waals surface area contributed by atoms with Crippen LogP contribution in [0.25, 0.3) is 0 Å². The van der Waals surface area contributed by atoms with Crippen molar-refractivity contribution in [1.82, 2.24) is 4.90 Å². The van der Waals surface area contributed by atoms with Crippen LogP contribution in [0.2, 0.25) is 0 Å². The first-order valence-electron chi connectivity index (χ1n) is 8.85. The predicted molar refractivity (Wildman–Crippen MR) is 110 cm³/mol. The molecule has 0 heterocycles. The molecular weight excluding hydrogens is 378 g/mol. The van der Waals surface area contributed by atoms with E-state index in [2.05, 4.69) is 10.0 Å². The third kappa shape index (κ3) is 5.56. The van der Waals surface area contributed by atoms with Crippen molar-refractivity contribution < 1.29 is 18.0 Å². The zero-order valence-electron chi connectivity index (χ0n) is 16.4. The highest BCUT2D eigenvalue weighted by Gasteiger charge is 2.17. The van der Waals surface area contributed by atoms with E-state index in [4.69, 9.17) is 0 Å². The lowest BCUT2D eigenvalue weighted by molar-refractivity contribution is -0.128. The van der Waals surface area contributed by atoms with Gasteiger partial charge < -0.3 is 10.2 Å². The first kappa shape index (κ1) is 21.4. The molecule has 2 aromatic carbocycles. The summed E-state index contributed by atoms with van der Waals surface area (Å²) in [6, 6.07) is 11.3. The van der Waals surface area contributed by atoms with Crippen LogP contribution in [-0.2, 0) is 26.0 Å². The smallest absolute Gasteiger partial charge is 0.262 e. The Morgan fingerprint density at radius 2 is 1.61 bits per heavy atom. The van der Waals surface area contributed by atoms with Gasteiger partial charge in [0.1, 0.15) is 0 Å². The van der Waals surface area contributed by atoms with Gasteiger partial charge >= 0.3 is 0 Å². The molecule has 2 N–H and O–H groups in total. The normalized spacial score (nSPS) is 11.0. The number of nitrogens with zero attached hydrogens (tertiary/aromatic N) is 1. The minimum Gasteiger partial charge on any atom is -0.349 e. The number of rotatable bonds is 7. The van der Waals surface area contributed by atoms with Crippen LogP contribution in [0.4, 0.5) is 11.4 Å². The third-order valence-electron chi connectivity index (χ3n) is 4.13. The van der Waals surface area contributed by atoms with Crippen LogP contribution in [0.15, 0.2) is 47.4 Å². The average molecular weight is 404 g/mol. The number of hydrogen-bond donors (Lipinski definition) is 2. The van der Waals surface area contributed by atoms with Crippen LogP contribution < -0.4 is 10.0 Å². The number of benzene rings is 2. The third-order valence-corrected chi connectivity index (χ3v) is 5.67. The lowest BCUT2D eigenvalue weighted by atomic mass is 10.1. The second-order valence-electron chi connectivity index (χ2n) is 6.65. The molecule has 0 unspecified atom stereocenters. The summed E-state index contributed by atoms with van der Waals surface area (Å²) in [6.07, 6.45) is 0.598. The minimum absolute atomic E-state index is 0.0285. The predicted octanol–water partition coefficient (Wildman–Crippen LogP) is 2.78. The molecule has 0 saturated carbocycles. The Bertz CT molecular complexity index is 967. The van der Waals surface area contributed by atoms with E-state index in [1.54, 1.807) is 64.3 Å². The molecule has 0 atom stereocenters. The van der Waals surface area contributed by atoms with E-state index < -0.39 is 10.0 Å². The fraction of sp³-hybridized carbons (Fsp3) is 0.300. The number of carbonyl (C=O) groups excluding carboxylic acids is 2. The number of hydrogen-bond acceptors (Lipinski definition) is 4. The summed E-state index contributed by atoms with van der Waals surface area (Å²) in [4.78, 5) is 24.9. The molecular formula is C20H25N3O4S. The SMILES string of the molecule is CCC(=O)Nc1ccc(S(=O)(=O)Nc2ccc(CC(=O)N(C)C)cc2)c(C)c1. The Labute approximate surface area is 165 Å². The molecule has 150 valence electrons. The van der Waals surface area contributed by atoms with E-state index in [-0.39, 0.29) is 23.1 Å². The van der Waals surface area contributed by atoms with Crippen molar-refractivity contribution in [3.63, 3.8) is 0 Å². The molecule has 2 amide bonds. The van der Waals surface area contributed by atoms with Crippen molar-refractivity contribution in [1.29, 1.82) is 0 Å². The average Bonchev–Trinajstić information content (AvgIpc) is 2.62. The van der Waals surface area contributed by atoms with Crippen LogP contribution in [0.5, 0.6) is 0 Å². The first-order valence-corrected chi connectivity index (χ1v) is 10.3. The minimum atomic E-state index is -3.78. The highest BCUT2D eigenvalue weighted by molar-refractivity contribution is 7.92. The second kappa shape index (κ2) is 8.88. The van der Waals surface area contributed by atoms with Gasteiger partial charge in [-0.05, 0) is 48.4 Å². The highest BCUT2D eigenvalue weighted by Crippen LogP contribution is 2.23. The molecule has 0 aliphatic heterocycles. The molecule has 0 fully saturated rings. The Morgan fingerprint density at radius 3 is 2.14 bits per heavy atom. The topological polar surface area (TPSA) is 95.6 Å². The zero-order valence-corrected chi connectivity index (χ0v) is 17.3. The molecule has 8 heteroatoms. The van der Waals surface area contributed by atoms with Crippen molar-refractivity contribution in [2.24, 2.45) is 0 Å². The summed E-state index contributed by atoms with van der Waals surface area (Å²) >= 11 is 0. The number of sulfonamides is 1. The molecule has 0 bridgehead atoms. The summed E-state index contributed by atoms with van der Waals surface area (Å²) in [7, 11) is -0.409. The van der Waals surface area contributed by atoms with Crippen molar-refractivity contribution in [2.75, 3.05) is 24.1 Å². The molecule has 0 aliphatic rings. The van der Waals surface area contributed by atoms with Crippen LogP contribution in [0, 0.1) is 6.92 Å². The fourth-order valence-electron chi connectivity index (χ4n) is 2.51. The van der Waals surface area contributed by atoms with E-state index in [0.29, 0.717) is 23.4 Å². The van der Waals surface area contributed by atoms with Gasteiger partial charge in [-0.1, -0.05) is 19.1 Å². The zero-order chi connectivity index (χ0) is 20.9. The summed E-state index contributed by atoms with van der Waals surface area (Å²) in [5.74, 6) is -0.167. The maximum Gasteiger partial charge on any atom is 0.262 e. The molecule has 0 spiro atoms. The van der Waals surface area contributed by atoms with Crippen molar-refractivity contribution in [2.45, 2.75) is 31.6 Å². The Morgan fingerprint density at radius 1 is 1.00 bits per heavy atom. The molecule has 0 aliphatic carbocycles. The van der Waals surface area contributed by atoms with Crippen LogP contribution in [0.3, 0.4) is 0 Å². The lowest BCUT2D eigenvalue weighted by Gasteiger charge is -2.13. The van der Waals surface area contributed by atoms with Gasteiger partial charge in [-0.3, -0.25) is 14.3 Å². The number of amides is 2. The van der Waals surface area contributed by atoms with Gasteiger partial charge in [0.15, 0.2) is 0 Å². The van der Waals surface area contributed by atoms with Crippen molar-refractivity contribution in [3.05, 3.63) is 53.6 Å². The van der Waals surface area contributed by atoms with Gasteiger partial charge in [-0.15, -0.1) is 0 Å². The van der Waals surface area contributed by atoms with Gasteiger partial charge in [0.25, 0.3) is 10.0 Å². The van der Waals surface area contributed by atoms with Gasteiger partial charge in [0, 0.05) is 31.9 Å². The standard InChI is InChI=1S/C20H25N3O4S/c1-5-19(24)21-17-10-11-18(14(2)12-17)28(26,27)22-16-8-6-15(7-9-16)13-20(25)23(3)4/h6-12,22H,5,13H2,1-4H3,(H,21,24). The molecule has 2 aromatic rings. The maximum absolute atomic E-state index is 12.7. The van der Waals surface area contributed by atoms with Gasteiger partial charge in [0.2, 0.25) is 11.8 Å². The van der Waals surface area contributed by atoms with E-state index in [1.807, 2.05) is 0 Å². The summed E-state index contributed by atoms with van der Waals surface area (Å²) in [5, 5.41) is 2.71. The van der Waals surface area contributed by atoms with E-state index in [9.17, 15) is 18.0 Å². The van der Waals surface area contributed by atoms with Crippen molar-refractivity contribution in [3.8, 4) is 0 Å². The van der Waals surface area contributed by atoms with Crippen LogP contribution in [0.1, 0.15) is 24.5 Å². The van der Waals surface area contributed by atoms with Gasteiger partial charge in [-0.25, -0.2) is 8.42 Å². The maximum atomic E-state index is 12.7. The first-order chi connectivity index (χ1) is 13.1. The fourth-order valence-corrected chi connectivity index (χ4v) is 3.80. The largest absolute Gasteiger partial charge is 0.349 e. The van der Waals surface area contributed by atoms with E-state index in [1.165, 1.54) is 11.0 Å². The van der Waals surface area contributed by atoms with Gasteiger partial charge in [-0.2, -0.15) is 0 Å². The molecule has 0 saturated heterocycles. The molecule has 0 aromatic heterocycles. The second-order valence-corrected chi connectivity index (χ2v) is 8.30. The number of carbonyl (C=O) groups is 2. The highest BCUT2D eigenvalue weighted by atomic mass is 32.2. The quantitative estimate of drug-likeness (QED) is 0.743. The molecule has 7 nitrogen and oxygen atoms in total. The summed E-state index contributed by atoms with van der Waals surface area (Å²) in [6.45, 7) is 3.42. The van der Waals surface area contributed by atoms with Crippen LogP contribution >= 0.6 is 0 Å². The number of nitrogens with one attached hydrogen (secondary N) is 2. The molecule has 0 radical (unpaired) electrons. The Balaban J connectivity index is 2.15. The molecule has 28 heavy (non-hydrogen) atoms. The Hall–Kier alpha value is -2.87. The van der Waals surface area contributed by atoms with E-state index >= 15 is 0 Å². The van der Waals surface area contributed by atoms with Gasteiger partial charge in [0.05, 0.1) is 11.3 Å². The van der Waals surface area contributed by atoms with E-state index in [0.717, 1.165) is 5.56 Å². The summed E-state index contributed by atoms with van der Waals surface area (Å²) in [5.41, 5.74) is 2.28. The Kier molecular flexibility index (Phi) is 6.80. The number of likely N-dealkylation sites (N-methyl/N-ethyl adjacent to an activating group) is 1. The monoisotopic (exact) mass is 403 g/mol. The number of aryl methyl sites for hydroxylation is 1. The van der Waals surface area contributed by atoms with Crippen molar-refractivity contribution >= 4 is 33.2 Å². The molecule has 2 rings (SSSR count).